The highest BCUT2D eigenvalue weighted by Gasteiger charge is 2.24. The lowest BCUT2D eigenvalue weighted by molar-refractivity contribution is 0.122. The first kappa shape index (κ1) is 21.7. The molecule has 1 aromatic carbocycles. The number of methoxy groups -OCH3 is 1. The fraction of sp³-hybridized carbons (Fsp3) is 0.480. The molecule has 174 valence electrons. The monoisotopic (exact) mass is 449 g/mol. The Bertz CT molecular complexity index is 1060. The SMILES string of the molecule is COc1cncc(NC[C@H]2CC[C@@H](Oc3cc(N4CCOCC4)cc4nccnc34)CC2)c1. The summed E-state index contributed by atoms with van der Waals surface area (Å²) in [6, 6.07) is 6.22. The quantitative estimate of drug-likeness (QED) is 0.581. The second-order valence-corrected chi connectivity index (χ2v) is 8.72. The predicted molar refractivity (Wildman–Crippen MR) is 128 cm³/mol. The zero-order valence-corrected chi connectivity index (χ0v) is 19.1. The average molecular weight is 450 g/mol. The third-order valence-corrected chi connectivity index (χ3v) is 6.53. The number of ether oxygens (including phenoxy) is 3. The molecule has 0 radical (unpaired) electrons. The lowest BCUT2D eigenvalue weighted by Gasteiger charge is -2.31. The Balaban J connectivity index is 1.21. The Hall–Kier alpha value is -3.13. The zero-order valence-electron chi connectivity index (χ0n) is 19.1. The van der Waals surface area contributed by atoms with Gasteiger partial charge in [-0.15, -0.1) is 0 Å². The second-order valence-electron chi connectivity index (χ2n) is 8.72. The van der Waals surface area contributed by atoms with Crippen LogP contribution in [0.15, 0.2) is 43.0 Å². The molecular formula is C25H31N5O3. The standard InChI is InChI=1S/C25H31N5O3/c1-31-22-12-19(16-26-17-22)29-15-18-2-4-21(5-3-18)33-24-14-20(30-8-10-32-11-9-30)13-23-25(24)28-7-6-27-23/h6-7,12-14,16-18,21,29H,2-5,8-11,15H2,1H3/t18-,21+. The Morgan fingerprint density at radius 3 is 2.67 bits per heavy atom. The minimum absolute atomic E-state index is 0.199. The van der Waals surface area contributed by atoms with Crippen molar-refractivity contribution in [2.75, 3.05) is 50.2 Å². The zero-order chi connectivity index (χ0) is 22.5. The predicted octanol–water partition coefficient (Wildman–Crippen LogP) is 3.92. The van der Waals surface area contributed by atoms with Crippen molar-refractivity contribution in [1.82, 2.24) is 15.0 Å². The van der Waals surface area contributed by atoms with Crippen LogP contribution in [0.3, 0.4) is 0 Å². The van der Waals surface area contributed by atoms with Gasteiger partial charge >= 0.3 is 0 Å². The number of pyridine rings is 1. The molecule has 2 fully saturated rings. The molecule has 3 heterocycles. The highest BCUT2D eigenvalue weighted by molar-refractivity contribution is 5.85. The molecule has 1 aliphatic heterocycles. The van der Waals surface area contributed by atoms with Gasteiger partial charge in [-0.3, -0.25) is 9.97 Å². The van der Waals surface area contributed by atoms with Gasteiger partial charge in [-0.25, -0.2) is 4.98 Å². The van der Waals surface area contributed by atoms with Crippen molar-refractivity contribution in [3.05, 3.63) is 43.0 Å². The van der Waals surface area contributed by atoms with E-state index in [-0.39, 0.29) is 6.10 Å². The Morgan fingerprint density at radius 2 is 1.85 bits per heavy atom. The molecule has 3 aromatic rings. The van der Waals surface area contributed by atoms with E-state index in [1.807, 2.05) is 12.3 Å². The highest BCUT2D eigenvalue weighted by Crippen LogP contribution is 2.34. The van der Waals surface area contributed by atoms with E-state index in [2.05, 4.69) is 37.3 Å². The van der Waals surface area contributed by atoms with E-state index < -0.39 is 0 Å². The first-order valence-electron chi connectivity index (χ1n) is 11.8. The van der Waals surface area contributed by atoms with E-state index >= 15 is 0 Å². The molecule has 5 rings (SSSR count). The van der Waals surface area contributed by atoms with Crippen LogP contribution < -0.4 is 19.7 Å². The fourth-order valence-electron chi connectivity index (χ4n) is 4.65. The molecule has 2 aromatic heterocycles. The molecule has 0 amide bonds. The van der Waals surface area contributed by atoms with Crippen molar-refractivity contribution < 1.29 is 14.2 Å². The molecule has 1 saturated heterocycles. The van der Waals surface area contributed by atoms with Crippen LogP contribution >= 0.6 is 0 Å². The normalized spacial score (nSPS) is 21.1. The van der Waals surface area contributed by atoms with Gasteiger partial charge in [0.2, 0.25) is 0 Å². The molecule has 0 unspecified atom stereocenters. The first-order valence-corrected chi connectivity index (χ1v) is 11.8. The summed E-state index contributed by atoms with van der Waals surface area (Å²) in [7, 11) is 1.66. The maximum absolute atomic E-state index is 6.53. The third-order valence-electron chi connectivity index (χ3n) is 6.53. The molecule has 8 heteroatoms. The molecular weight excluding hydrogens is 418 g/mol. The number of fused-ring (bicyclic) bond motifs is 1. The maximum Gasteiger partial charge on any atom is 0.149 e. The number of hydrogen-bond donors (Lipinski definition) is 1. The molecule has 0 spiro atoms. The number of hydrogen-bond acceptors (Lipinski definition) is 8. The summed E-state index contributed by atoms with van der Waals surface area (Å²) < 4.78 is 17.3. The topological polar surface area (TPSA) is 81.6 Å². The number of nitrogens with one attached hydrogen (secondary N) is 1. The van der Waals surface area contributed by atoms with Gasteiger partial charge in [-0.05, 0) is 37.7 Å². The highest BCUT2D eigenvalue weighted by atomic mass is 16.5. The summed E-state index contributed by atoms with van der Waals surface area (Å²) in [5.41, 5.74) is 3.84. The summed E-state index contributed by atoms with van der Waals surface area (Å²) in [5, 5.41) is 3.50. The van der Waals surface area contributed by atoms with Crippen LogP contribution in [0.25, 0.3) is 11.0 Å². The Morgan fingerprint density at radius 1 is 1.03 bits per heavy atom. The minimum atomic E-state index is 0.199. The number of nitrogens with zero attached hydrogens (tertiary/aromatic N) is 4. The molecule has 8 nitrogen and oxygen atoms in total. The minimum Gasteiger partial charge on any atom is -0.495 e. The molecule has 0 atom stereocenters. The number of anilines is 2. The van der Waals surface area contributed by atoms with Gasteiger partial charge in [0.25, 0.3) is 0 Å². The van der Waals surface area contributed by atoms with Crippen LogP contribution in [0.5, 0.6) is 11.5 Å². The molecule has 33 heavy (non-hydrogen) atoms. The van der Waals surface area contributed by atoms with Crippen LogP contribution in [0.1, 0.15) is 25.7 Å². The van der Waals surface area contributed by atoms with Crippen LogP contribution in [0.4, 0.5) is 11.4 Å². The summed E-state index contributed by atoms with van der Waals surface area (Å²) >= 11 is 0. The van der Waals surface area contributed by atoms with Crippen molar-refractivity contribution in [3.8, 4) is 11.5 Å². The lowest BCUT2D eigenvalue weighted by atomic mass is 9.87. The molecule has 1 saturated carbocycles. The summed E-state index contributed by atoms with van der Waals surface area (Å²) in [6.45, 7) is 4.19. The van der Waals surface area contributed by atoms with Gasteiger partial charge in [-0.1, -0.05) is 0 Å². The van der Waals surface area contributed by atoms with E-state index in [4.69, 9.17) is 14.2 Å². The van der Waals surface area contributed by atoms with Crippen LogP contribution in [-0.4, -0.2) is 61.0 Å². The van der Waals surface area contributed by atoms with Crippen LogP contribution in [0.2, 0.25) is 0 Å². The lowest BCUT2D eigenvalue weighted by Crippen LogP contribution is -2.36. The van der Waals surface area contributed by atoms with Gasteiger partial charge < -0.3 is 24.4 Å². The number of aromatic nitrogens is 3. The van der Waals surface area contributed by atoms with Gasteiger partial charge in [0.15, 0.2) is 0 Å². The van der Waals surface area contributed by atoms with Gasteiger partial charge in [0.1, 0.15) is 17.0 Å². The van der Waals surface area contributed by atoms with E-state index in [1.54, 1.807) is 25.7 Å². The van der Waals surface area contributed by atoms with Gasteiger partial charge in [0.05, 0.1) is 50.0 Å². The Kier molecular flexibility index (Phi) is 6.71. The number of benzene rings is 1. The van der Waals surface area contributed by atoms with Crippen molar-refractivity contribution in [1.29, 1.82) is 0 Å². The molecule has 1 N–H and O–H groups in total. The summed E-state index contributed by atoms with van der Waals surface area (Å²) in [5.74, 6) is 2.23. The van der Waals surface area contributed by atoms with E-state index in [1.165, 1.54) is 0 Å². The third kappa shape index (κ3) is 5.27. The smallest absolute Gasteiger partial charge is 0.149 e. The fourth-order valence-corrected chi connectivity index (χ4v) is 4.65. The number of rotatable bonds is 7. The Labute approximate surface area is 194 Å². The summed E-state index contributed by atoms with van der Waals surface area (Å²) in [6.07, 6.45) is 11.6. The van der Waals surface area contributed by atoms with E-state index in [9.17, 15) is 0 Å². The van der Waals surface area contributed by atoms with E-state index in [0.29, 0.717) is 5.92 Å². The van der Waals surface area contributed by atoms with Crippen molar-refractivity contribution >= 4 is 22.4 Å². The van der Waals surface area contributed by atoms with Crippen LogP contribution in [0, 0.1) is 5.92 Å². The summed E-state index contributed by atoms with van der Waals surface area (Å²) in [4.78, 5) is 15.7. The van der Waals surface area contributed by atoms with Crippen molar-refractivity contribution in [2.24, 2.45) is 5.92 Å². The van der Waals surface area contributed by atoms with Gasteiger partial charge in [-0.2, -0.15) is 0 Å². The van der Waals surface area contributed by atoms with Gasteiger partial charge in [0, 0.05) is 49.8 Å². The van der Waals surface area contributed by atoms with Crippen molar-refractivity contribution in [2.45, 2.75) is 31.8 Å². The second kappa shape index (κ2) is 10.2. The first-order chi connectivity index (χ1) is 16.3. The molecule has 2 aliphatic rings. The largest absolute Gasteiger partial charge is 0.495 e. The molecule has 0 bridgehead atoms. The van der Waals surface area contributed by atoms with Crippen molar-refractivity contribution in [3.63, 3.8) is 0 Å². The average Bonchev–Trinajstić information content (AvgIpc) is 2.89. The van der Waals surface area contributed by atoms with E-state index in [0.717, 1.165) is 92.4 Å². The molecule has 1 aliphatic carbocycles. The number of morpholine rings is 1. The maximum atomic E-state index is 6.53. The van der Waals surface area contributed by atoms with Crippen LogP contribution in [-0.2, 0) is 4.74 Å².